The lowest BCUT2D eigenvalue weighted by atomic mass is 10.1. The van der Waals surface area contributed by atoms with E-state index in [4.69, 9.17) is 11.6 Å². The van der Waals surface area contributed by atoms with Gasteiger partial charge in [-0.05, 0) is 23.6 Å². The van der Waals surface area contributed by atoms with Crippen molar-refractivity contribution in [1.29, 1.82) is 0 Å². The van der Waals surface area contributed by atoms with Crippen LogP contribution in [0, 0.1) is 0 Å². The van der Waals surface area contributed by atoms with Crippen molar-refractivity contribution >= 4 is 51.2 Å². The van der Waals surface area contributed by atoms with E-state index in [1.807, 2.05) is 30.3 Å². The SMILES string of the molecule is O=C(NC(=O)c1ccccc1)SNc1ccc2ccccc2c1Cl. The van der Waals surface area contributed by atoms with Gasteiger partial charge in [-0.2, -0.15) is 0 Å². The quantitative estimate of drug-likeness (QED) is 0.641. The van der Waals surface area contributed by atoms with E-state index in [0.717, 1.165) is 22.7 Å². The molecule has 0 atom stereocenters. The molecule has 4 nitrogen and oxygen atoms in total. The lowest BCUT2D eigenvalue weighted by Gasteiger charge is -2.09. The van der Waals surface area contributed by atoms with Crippen LogP contribution >= 0.6 is 23.5 Å². The summed E-state index contributed by atoms with van der Waals surface area (Å²) in [4.78, 5) is 23.8. The van der Waals surface area contributed by atoms with Crippen molar-refractivity contribution in [2.75, 3.05) is 4.72 Å². The number of halogens is 1. The molecule has 2 N–H and O–H groups in total. The number of fused-ring (bicyclic) bond motifs is 1. The number of imide groups is 1. The van der Waals surface area contributed by atoms with Gasteiger partial charge in [0.05, 0.1) is 10.7 Å². The summed E-state index contributed by atoms with van der Waals surface area (Å²) >= 11 is 7.12. The number of carbonyl (C=O) groups is 2. The zero-order valence-electron chi connectivity index (χ0n) is 12.5. The highest BCUT2D eigenvalue weighted by atomic mass is 35.5. The molecule has 0 heterocycles. The molecule has 0 bridgehead atoms. The molecule has 0 aliphatic heterocycles. The van der Waals surface area contributed by atoms with Crippen LogP contribution in [0.1, 0.15) is 10.4 Å². The van der Waals surface area contributed by atoms with Crippen molar-refractivity contribution in [1.82, 2.24) is 5.32 Å². The average Bonchev–Trinajstić information content (AvgIpc) is 2.62. The summed E-state index contributed by atoms with van der Waals surface area (Å²) < 4.78 is 2.88. The molecular formula is C18H13ClN2O2S. The monoisotopic (exact) mass is 356 g/mol. The Morgan fingerprint density at radius 2 is 1.58 bits per heavy atom. The highest BCUT2D eigenvalue weighted by molar-refractivity contribution is 8.14. The third-order valence-corrected chi connectivity index (χ3v) is 4.39. The third-order valence-electron chi connectivity index (χ3n) is 3.37. The number of rotatable bonds is 3. The van der Waals surface area contributed by atoms with Gasteiger partial charge in [-0.3, -0.25) is 14.9 Å². The van der Waals surface area contributed by atoms with Crippen LogP contribution in [-0.2, 0) is 0 Å². The Morgan fingerprint density at radius 1 is 0.875 bits per heavy atom. The third kappa shape index (κ3) is 3.69. The van der Waals surface area contributed by atoms with Crippen LogP contribution in [0.3, 0.4) is 0 Å². The summed E-state index contributed by atoms with van der Waals surface area (Å²) in [6, 6.07) is 20.0. The van der Waals surface area contributed by atoms with Crippen LogP contribution in [0.25, 0.3) is 10.8 Å². The van der Waals surface area contributed by atoms with E-state index < -0.39 is 11.1 Å². The highest BCUT2D eigenvalue weighted by Crippen LogP contribution is 2.32. The minimum atomic E-state index is -0.506. The molecule has 0 aliphatic carbocycles. The van der Waals surface area contributed by atoms with Crippen LogP contribution < -0.4 is 10.0 Å². The van der Waals surface area contributed by atoms with Gasteiger partial charge in [-0.1, -0.05) is 60.1 Å². The first kappa shape index (κ1) is 16.4. The fourth-order valence-electron chi connectivity index (χ4n) is 2.19. The lowest BCUT2D eigenvalue weighted by Crippen LogP contribution is -2.27. The average molecular weight is 357 g/mol. The first-order valence-electron chi connectivity index (χ1n) is 7.15. The topological polar surface area (TPSA) is 58.2 Å². The van der Waals surface area contributed by atoms with Gasteiger partial charge < -0.3 is 4.72 Å². The first-order chi connectivity index (χ1) is 11.6. The van der Waals surface area contributed by atoms with Crippen molar-refractivity contribution < 1.29 is 9.59 Å². The molecule has 3 rings (SSSR count). The van der Waals surface area contributed by atoms with Crippen molar-refractivity contribution in [3.63, 3.8) is 0 Å². The van der Waals surface area contributed by atoms with E-state index in [0.29, 0.717) is 16.3 Å². The molecular weight excluding hydrogens is 344 g/mol. The number of benzene rings is 3. The standard InChI is InChI=1S/C18H13ClN2O2S/c19-16-14-9-5-4-6-12(14)10-11-15(16)21-24-18(23)20-17(22)13-7-2-1-3-8-13/h1-11,21H,(H,20,22,23). The second kappa shape index (κ2) is 7.38. The van der Waals surface area contributed by atoms with Gasteiger partial charge in [-0.25, -0.2) is 0 Å². The summed E-state index contributed by atoms with van der Waals surface area (Å²) in [6.07, 6.45) is 0. The van der Waals surface area contributed by atoms with Crippen molar-refractivity contribution in [2.45, 2.75) is 0 Å². The number of hydrogen-bond donors (Lipinski definition) is 2. The zero-order chi connectivity index (χ0) is 16.9. The molecule has 0 unspecified atom stereocenters. The van der Waals surface area contributed by atoms with E-state index in [1.54, 1.807) is 36.4 Å². The summed E-state index contributed by atoms with van der Waals surface area (Å²) in [6.45, 7) is 0. The van der Waals surface area contributed by atoms with Crippen LogP contribution in [0.15, 0.2) is 66.7 Å². The minimum absolute atomic E-state index is 0.426. The molecule has 0 fully saturated rings. The molecule has 0 spiro atoms. The largest absolute Gasteiger partial charge is 0.320 e. The Kier molecular flexibility index (Phi) is 5.03. The molecule has 2 amide bonds. The van der Waals surface area contributed by atoms with Crippen LogP contribution in [0.4, 0.5) is 10.5 Å². The Bertz CT molecular complexity index is 900. The van der Waals surface area contributed by atoms with E-state index in [-0.39, 0.29) is 0 Å². The number of nitrogens with one attached hydrogen (secondary N) is 2. The second-order valence-electron chi connectivity index (χ2n) is 4.96. The van der Waals surface area contributed by atoms with Gasteiger partial charge in [0, 0.05) is 22.9 Å². The highest BCUT2D eigenvalue weighted by Gasteiger charge is 2.12. The van der Waals surface area contributed by atoms with Crippen molar-refractivity contribution in [2.24, 2.45) is 0 Å². The number of amides is 2. The Labute approximate surface area is 148 Å². The van der Waals surface area contributed by atoms with E-state index in [9.17, 15) is 9.59 Å². The predicted molar refractivity (Wildman–Crippen MR) is 99.5 cm³/mol. The lowest BCUT2D eigenvalue weighted by molar-refractivity contribution is 0.0969. The molecule has 120 valence electrons. The molecule has 0 saturated carbocycles. The molecule has 0 aliphatic rings. The maximum atomic E-state index is 11.9. The normalized spacial score (nSPS) is 10.4. The predicted octanol–water partition coefficient (Wildman–Crippen LogP) is 5.10. The molecule has 24 heavy (non-hydrogen) atoms. The van der Waals surface area contributed by atoms with Gasteiger partial charge >= 0.3 is 5.24 Å². The fraction of sp³-hybridized carbons (Fsp3) is 0. The maximum Gasteiger partial charge on any atom is 0.306 e. The number of anilines is 1. The van der Waals surface area contributed by atoms with E-state index in [2.05, 4.69) is 10.0 Å². The Balaban J connectivity index is 1.64. The molecule has 0 radical (unpaired) electrons. The molecule has 3 aromatic rings. The summed E-state index contributed by atoms with van der Waals surface area (Å²) in [5, 5.41) is 4.24. The molecule has 0 aromatic heterocycles. The first-order valence-corrected chi connectivity index (χ1v) is 8.35. The molecule has 3 aromatic carbocycles. The zero-order valence-corrected chi connectivity index (χ0v) is 14.0. The summed E-state index contributed by atoms with van der Waals surface area (Å²) in [5.74, 6) is -0.445. The van der Waals surface area contributed by atoms with Gasteiger partial charge in [0.15, 0.2) is 0 Å². The van der Waals surface area contributed by atoms with Crippen molar-refractivity contribution in [3.05, 3.63) is 77.3 Å². The van der Waals surface area contributed by atoms with Gasteiger partial charge in [0.25, 0.3) is 5.91 Å². The number of hydrogen-bond acceptors (Lipinski definition) is 4. The smallest absolute Gasteiger partial charge is 0.306 e. The van der Waals surface area contributed by atoms with Crippen LogP contribution in [0.5, 0.6) is 0 Å². The summed E-state index contributed by atoms with van der Waals surface area (Å²) in [5.41, 5.74) is 1.04. The van der Waals surface area contributed by atoms with Crippen molar-refractivity contribution in [3.8, 4) is 0 Å². The molecule has 6 heteroatoms. The summed E-state index contributed by atoms with van der Waals surface area (Å²) in [7, 11) is 0. The van der Waals surface area contributed by atoms with Gasteiger partial charge in [-0.15, -0.1) is 0 Å². The van der Waals surface area contributed by atoms with E-state index >= 15 is 0 Å². The maximum absolute atomic E-state index is 11.9. The Morgan fingerprint density at radius 3 is 2.38 bits per heavy atom. The van der Waals surface area contributed by atoms with E-state index in [1.165, 1.54) is 0 Å². The van der Waals surface area contributed by atoms with Crippen LogP contribution in [-0.4, -0.2) is 11.1 Å². The van der Waals surface area contributed by atoms with Gasteiger partial charge in [0.2, 0.25) is 0 Å². The fourth-order valence-corrected chi connectivity index (χ4v) is 3.05. The van der Waals surface area contributed by atoms with Gasteiger partial charge in [0.1, 0.15) is 0 Å². The van der Waals surface area contributed by atoms with Crippen LogP contribution in [0.2, 0.25) is 5.02 Å². The minimum Gasteiger partial charge on any atom is -0.320 e. The molecule has 0 saturated heterocycles. The number of carbonyl (C=O) groups excluding carboxylic acids is 2. The second-order valence-corrected chi connectivity index (χ2v) is 6.12. The Hall–Kier alpha value is -2.50.